The summed E-state index contributed by atoms with van der Waals surface area (Å²) >= 11 is 0. The van der Waals surface area contributed by atoms with Crippen molar-refractivity contribution in [3.8, 4) is 11.4 Å². The second kappa shape index (κ2) is 8.14. The fourth-order valence-corrected chi connectivity index (χ4v) is 4.46. The Morgan fingerprint density at radius 1 is 1.38 bits per heavy atom. The average Bonchev–Trinajstić information content (AvgIpc) is 3.28. The number of likely N-dealkylation sites (tertiary alicyclic amines) is 1. The molecule has 1 saturated heterocycles. The van der Waals surface area contributed by atoms with Crippen LogP contribution in [0, 0.1) is 11.7 Å². The fraction of sp³-hybridized carbons (Fsp3) is 0.550. The van der Waals surface area contributed by atoms with Crippen LogP contribution in [0.3, 0.4) is 0 Å². The van der Waals surface area contributed by atoms with Crippen LogP contribution in [0.4, 0.5) is 13.2 Å². The molecule has 32 heavy (non-hydrogen) atoms. The van der Waals surface area contributed by atoms with Crippen LogP contribution in [-0.2, 0) is 14.6 Å². The number of amides is 1. The van der Waals surface area contributed by atoms with Gasteiger partial charge in [0.15, 0.2) is 9.84 Å². The van der Waals surface area contributed by atoms with Crippen LogP contribution in [-0.4, -0.2) is 60.7 Å². The summed E-state index contributed by atoms with van der Waals surface area (Å²) in [4.78, 5) is 17.8. The number of nitrogens with two attached hydrogens (primary N) is 1. The van der Waals surface area contributed by atoms with E-state index < -0.39 is 52.4 Å². The van der Waals surface area contributed by atoms with Gasteiger partial charge in [-0.1, -0.05) is 18.0 Å². The minimum absolute atomic E-state index is 0.0188. The van der Waals surface area contributed by atoms with Crippen LogP contribution < -0.4 is 5.73 Å². The zero-order valence-electron chi connectivity index (χ0n) is 17.3. The van der Waals surface area contributed by atoms with E-state index >= 15 is 0 Å². The monoisotopic (exact) mass is 472 g/mol. The second-order valence-electron chi connectivity index (χ2n) is 8.55. The van der Waals surface area contributed by atoms with Gasteiger partial charge in [0.1, 0.15) is 5.82 Å². The summed E-state index contributed by atoms with van der Waals surface area (Å²) in [6.07, 6.45) is 2.91. The fourth-order valence-electron chi connectivity index (χ4n) is 3.82. The van der Waals surface area contributed by atoms with E-state index in [1.807, 2.05) is 0 Å². The first kappa shape index (κ1) is 22.7. The first-order valence-corrected chi connectivity index (χ1v) is 12.1. The Labute approximate surface area is 182 Å². The number of hydrogen-bond donors (Lipinski definition) is 1. The smallest absolute Gasteiger partial charge is 0.267 e. The number of nitrogens with zero attached hydrogens (tertiary/aromatic N) is 3. The highest BCUT2D eigenvalue weighted by atomic mass is 32.2. The van der Waals surface area contributed by atoms with Gasteiger partial charge < -0.3 is 15.2 Å². The lowest BCUT2D eigenvalue weighted by molar-refractivity contribution is -0.133. The molecule has 1 amide bonds. The van der Waals surface area contributed by atoms with E-state index in [1.165, 1.54) is 12.1 Å². The van der Waals surface area contributed by atoms with Gasteiger partial charge in [0.25, 0.3) is 5.92 Å². The number of rotatable bonds is 7. The number of aromatic nitrogens is 2. The Kier molecular flexibility index (Phi) is 5.78. The molecule has 2 N–H and O–H groups in total. The Balaban J connectivity index is 1.58. The summed E-state index contributed by atoms with van der Waals surface area (Å²) in [7, 11) is -3.59. The summed E-state index contributed by atoms with van der Waals surface area (Å²) in [5.41, 5.74) is 6.11. The molecule has 0 bridgehead atoms. The summed E-state index contributed by atoms with van der Waals surface area (Å²) in [5.74, 6) is -4.90. The first-order valence-electron chi connectivity index (χ1n) is 10.2. The van der Waals surface area contributed by atoms with Gasteiger partial charge in [-0.2, -0.15) is 4.98 Å². The molecule has 4 rings (SSSR count). The highest BCUT2D eigenvalue weighted by molar-refractivity contribution is 7.90. The number of benzene rings is 1. The number of hydrogen-bond acceptors (Lipinski definition) is 7. The van der Waals surface area contributed by atoms with E-state index in [0.29, 0.717) is 12.3 Å². The summed E-state index contributed by atoms with van der Waals surface area (Å²) in [6, 6.07) is 2.17. The van der Waals surface area contributed by atoms with Gasteiger partial charge in [-0.3, -0.25) is 4.79 Å². The van der Waals surface area contributed by atoms with E-state index in [9.17, 15) is 26.4 Å². The Morgan fingerprint density at radius 3 is 2.66 bits per heavy atom. The van der Waals surface area contributed by atoms with E-state index in [0.717, 1.165) is 30.1 Å². The van der Waals surface area contributed by atoms with Gasteiger partial charge in [-0.15, -0.1) is 0 Å². The Bertz CT molecular complexity index is 1130. The van der Waals surface area contributed by atoms with Crippen molar-refractivity contribution in [1.29, 1.82) is 0 Å². The van der Waals surface area contributed by atoms with Gasteiger partial charge in [0.05, 0.1) is 29.0 Å². The molecule has 1 aromatic heterocycles. The Morgan fingerprint density at radius 2 is 2.09 bits per heavy atom. The molecule has 2 aromatic rings. The van der Waals surface area contributed by atoms with Crippen molar-refractivity contribution in [2.45, 2.75) is 48.5 Å². The number of halogens is 3. The predicted octanol–water partition coefficient (Wildman–Crippen LogP) is 2.36. The minimum atomic E-state index is -3.59. The van der Waals surface area contributed by atoms with Crippen molar-refractivity contribution < 1.29 is 30.9 Å². The summed E-state index contributed by atoms with van der Waals surface area (Å²) < 4.78 is 70.1. The maximum absolute atomic E-state index is 14.5. The summed E-state index contributed by atoms with van der Waals surface area (Å²) in [6.45, 7) is -0.759. The van der Waals surface area contributed by atoms with Crippen molar-refractivity contribution >= 4 is 15.7 Å². The van der Waals surface area contributed by atoms with Gasteiger partial charge in [0.2, 0.25) is 17.6 Å². The number of sulfone groups is 1. The quantitative estimate of drug-likeness (QED) is 0.657. The third-order valence-electron chi connectivity index (χ3n) is 5.85. The number of carbonyl (C=O) groups excluding carboxylic acids is 1. The van der Waals surface area contributed by atoms with Gasteiger partial charge in [-0.05, 0) is 30.5 Å². The predicted molar refractivity (Wildman–Crippen MR) is 107 cm³/mol. The molecule has 2 fully saturated rings. The highest BCUT2D eigenvalue weighted by Gasteiger charge is 2.44. The number of carbonyl (C=O) groups is 1. The zero-order valence-corrected chi connectivity index (χ0v) is 18.1. The summed E-state index contributed by atoms with van der Waals surface area (Å²) in [5, 5.41) is 3.77. The molecular weight excluding hydrogens is 449 g/mol. The molecule has 1 aromatic carbocycles. The minimum Gasteiger partial charge on any atom is -0.339 e. The second-order valence-corrected chi connectivity index (χ2v) is 10.6. The van der Waals surface area contributed by atoms with Crippen LogP contribution >= 0.6 is 0 Å². The largest absolute Gasteiger partial charge is 0.339 e. The van der Waals surface area contributed by atoms with Crippen LogP contribution in [0.15, 0.2) is 27.6 Å². The highest BCUT2D eigenvalue weighted by Crippen LogP contribution is 2.40. The average molecular weight is 472 g/mol. The van der Waals surface area contributed by atoms with Gasteiger partial charge in [-0.25, -0.2) is 21.6 Å². The molecule has 1 aliphatic carbocycles. The zero-order chi connectivity index (χ0) is 23.3. The van der Waals surface area contributed by atoms with Crippen molar-refractivity contribution in [3.05, 3.63) is 29.9 Å². The maximum Gasteiger partial charge on any atom is 0.267 e. The molecule has 2 aliphatic rings. The Hall–Kier alpha value is -2.47. The lowest BCUT2D eigenvalue weighted by Crippen LogP contribution is -2.47. The van der Waals surface area contributed by atoms with Crippen LogP contribution in [0.25, 0.3) is 11.4 Å². The van der Waals surface area contributed by atoms with Crippen molar-refractivity contribution in [2.75, 3.05) is 19.3 Å². The van der Waals surface area contributed by atoms with Crippen LogP contribution in [0.1, 0.15) is 37.5 Å². The van der Waals surface area contributed by atoms with Crippen LogP contribution in [0.5, 0.6) is 0 Å². The van der Waals surface area contributed by atoms with Crippen molar-refractivity contribution in [1.82, 2.24) is 15.0 Å². The molecule has 1 saturated carbocycles. The lowest BCUT2D eigenvalue weighted by Gasteiger charge is -2.25. The lowest BCUT2D eigenvalue weighted by atomic mass is 9.93. The third kappa shape index (κ3) is 4.80. The van der Waals surface area contributed by atoms with E-state index in [1.54, 1.807) is 0 Å². The molecule has 0 radical (unpaired) electrons. The molecule has 0 unspecified atom stereocenters. The maximum atomic E-state index is 14.5. The SMILES string of the molecule is CS(=O)(=O)c1ccc(-c2noc([C@@H](CC3CC3)[C@H](N)C(=O)N3CCC(F)(F)C3)n2)c(F)c1. The molecule has 2 heterocycles. The van der Waals surface area contributed by atoms with Crippen LogP contribution in [0.2, 0.25) is 0 Å². The molecule has 12 heteroatoms. The molecule has 2 atom stereocenters. The number of alkyl halides is 2. The first-order chi connectivity index (χ1) is 14.9. The normalized spacial score (nSPS) is 20.3. The van der Waals surface area contributed by atoms with Gasteiger partial charge in [0, 0.05) is 19.2 Å². The van der Waals surface area contributed by atoms with Gasteiger partial charge >= 0.3 is 0 Å². The van der Waals surface area contributed by atoms with Crippen molar-refractivity contribution in [2.24, 2.45) is 11.7 Å². The molecule has 8 nitrogen and oxygen atoms in total. The van der Waals surface area contributed by atoms with E-state index in [4.69, 9.17) is 10.3 Å². The standard InChI is InChI=1S/C20H23F3N4O4S/c1-32(29,30)12-4-5-13(15(21)9-12)17-25-18(31-26-17)14(8-11-2-3-11)16(24)19(28)27-7-6-20(22,23)10-27/h4-5,9,11,14,16H,2-3,6-8,10,24H2,1H3/t14-,16-/m0/s1. The molecule has 174 valence electrons. The molecule has 1 aliphatic heterocycles. The van der Waals surface area contributed by atoms with E-state index in [-0.39, 0.29) is 28.7 Å². The topological polar surface area (TPSA) is 119 Å². The van der Waals surface area contributed by atoms with E-state index in [2.05, 4.69) is 10.1 Å². The molecular formula is C20H23F3N4O4S. The van der Waals surface area contributed by atoms with Crippen molar-refractivity contribution in [3.63, 3.8) is 0 Å². The third-order valence-corrected chi connectivity index (χ3v) is 6.96. The molecule has 0 spiro atoms.